The Morgan fingerprint density at radius 2 is 1.72 bits per heavy atom. The number of hydrogen-bond donors (Lipinski definition) is 1. The number of thioether (sulfide) groups is 1. The molecule has 186 valence electrons. The minimum atomic E-state index is -0.401. The van der Waals surface area contributed by atoms with Crippen LogP contribution in [-0.4, -0.2) is 78.6 Å². The van der Waals surface area contributed by atoms with Crippen LogP contribution in [0, 0.1) is 0 Å². The average Bonchev–Trinajstić information content (AvgIpc) is 3.36. The van der Waals surface area contributed by atoms with Crippen LogP contribution < -0.4 is 20.0 Å². The lowest BCUT2D eigenvalue weighted by Crippen LogP contribution is -2.37. The highest BCUT2D eigenvalue weighted by atomic mass is 32.2. The van der Waals surface area contributed by atoms with Gasteiger partial charge in [0, 0.05) is 45.3 Å². The Labute approximate surface area is 211 Å². The molecule has 12 heteroatoms. The van der Waals surface area contributed by atoms with Crippen molar-refractivity contribution in [2.75, 3.05) is 67.2 Å². The van der Waals surface area contributed by atoms with E-state index in [0.29, 0.717) is 48.9 Å². The molecule has 2 aromatic heterocycles. The molecule has 11 nitrogen and oxygen atoms in total. The number of rotatable bonds is 4. The number of ether oxygens (including phenoxy) is 1. The summed E-state index contributed by atoms with van der Waals surface area (Å²) in [7, 11) is 0. The molecule has 0 bridgehead atoms. The summed E-state index contributed by atoms with van der Waals surface area (Å²) in [6.07, 6.45) is 2.54. The number of oxazole rings is 1. The van der Waals surface area contributed by atoms with Gasteiger partial charge in [-0.25, -0.2) is 4.98 Å². The number of aromatic nitrogens is 3. The smallest absolute Gasteiger partial charge is 0.298 e. The van der Waals surface area contributed by atoms with Gasteiger partial charge in [-0.15, -0.1) is 0 Å². The maximum Gasteiger partial charge on any atom is 0.298 e. The number of amides is 2. The van der Waals surface area contributed by atoms with Crippen molar-refractivity contribution in [2.45, 2.75) is 6.42 Å². The first-order chi connectivity index (χ1) is 17.6. The Hall–Kier alpha value is -3.64. The van der Waals surface area contributed by atoms with E-state index < -0.39 is 5.91 Å². The molecule has 3 fully saturated rings. The molecule has 1 N–H and O–H groups in total. The molecule has 2 amide bonds. The van der Waals surface area contributed by atoms with Crippen LogP contribution in [0.3, 0.4) is 0 Å². The second kappa shape index (κ2) is 9.78. The molecule has 0 spiro atoms. The molecule has 3 aliphatic heterocycles. The summed E-state index contributed by atoms with van der Waals surface area (Å²) in [5, 5.41) is 1.92. The number of para-hydroxylation sites is 2. The van der Waals surface area contributed by atoms with Crippen LogP contribution >= 0.6 is 11.8 Å². The molecule has 3 aromatic rings. The molecule has 36 heavy (non-hydrogen) atoms. The fraction of sp³-hybridized carbons (Fsp3) is 0.375. The molecule has 0 aliphatic carbocycles. The summed E-state index contributed by atoms with van der Waals surface area (Å²) in [6.45, 7) is 5.69. The van der Waals surface area contributed by atoms with E-state index in [-0.39, 0.29) is 5.24 Å². The van der Waals surface area contributed by atoms with Crippen LogP contribution in [0.1, 0.15) is 12.1 Å². The minimum Gasteiger partial charge on any atom is -0.423 e. The normalized spacial score (nSPS) is 20.3. The SMILES string of the molecule is O=C1NC(=O)/C(=C/c2cc(N3CCOCC3)nc(N3CCCN(c4nc5ccccc5o4)CC3)n2)S1. The van der Waals surface area contributed by atoms with Crippen LogP contribution in [0.25, 0.3) is 17.2 Å². The number of nitrogens with one attached hydrogen (secondary N) is 1. The van der Waals surface area contributed by atoms with Gasteiger partial charge < -0.3 is 23.9 Å². The molecule has 0 saturated carbocycles. The van der Waals surface area contributed by atoms with E-state index in [2.05, 4.69) is 25.0 Å². The topological polar surface area (TPSA) is 117 Å². The molecule has 5 heterocycles. The predicted molar refractivity (Wildman–Crippen MR) is 137 cm³/mol. The molecule has 3 aliphatic rings. The van der Waals surface area contributed by atoms with Crippen molar-refractivity contribution >= 4 is 57.9 Å². The third kappa shape index (κ3) is 4.73. The summed E-state index contributed by atoms with van der Waals surface area (Å²) in [4.78, 5) is 44.9. The standard InChI is InChI=1S/C24H25N7O4S/c32-21-19(36-24(33)28-21)14-16-15-20(29-10-12-34-13-11-29)27-22(25-16)30-6-3-7-31(9-8-30)23-26-17-4-1-2-5-18(17)35-23/h1-2,4-5,14-15H,3,6-13H2,(H,28,32,33)/b19-14-. The van der Waals surface area contributed by atoms with Gasteiger partial charge in [-0.1, -0.05) is 12.1 Å². The van der Waals surface area contributed by atoms with Gasteiger partial charge in [-0.2, -0.15) is 9.97 Å². The summed E-state index contributed by atoms with van der Waals surface area (Å²) in [6, 6.07) is 10.3. The predicted octanol–water partition coefficient (Wildman–Crippen LogP) is 2.50. The van der Waals surface area contributed by atoms with Gasteiger partial charge in [0.2, 0.25) is 5.95 Å². The van der Waals surface area contributed by atoms with Crippen LogP contribution in [-0.2, 0) is 9.53 Å². The molecule has 6 rings (SSSR count). The maximum atomic E-state index is 12.1. The Balaban J connectivity index is 1.27. The van der Waals surface area contributed by atoms with Gasteiger partial charge in [-0.3, -0.25) is 14.9 Å². The van der Waals surface area contributed by atoms with Crippen LogP contribution in [0.2, 0.25) is 0 Å². The number of imide groups is 1. The van der Waals surface area contributed by atoms with Gasteiger partial charge >= 0.3 is 0 Å². The fourth-order valence-corrected chi connectivity index (χ4v) is 5.14. The van der Waals surface area contributed by atoms with Crippen molar-refractivity contribution in [3.63, 3.8) is 0 Å². The summed E-state index contributed by atoms with van der Waals surface area (Å²) < 4.78 is 11.5. The summed E-state index contributed by atoms with van der Waals surface area (Å²) in [5.74, 6) is 0.978. The summed E-state index contributed by atoms with van der Waals surface area (Å²) in [5.41, 5.74) is 2.22. The molecular formula is C24H25N7O4S. The van der Waals surface area contributed by atoms with E-state index in [1.54, 1.807) is 6.08 Å². The van der Waals surface area contributed by atoms with Crippen LogP contribution in [0.5, 0.6) is 0 Å². The van der Waals surface area contributed by atoms with Crippen molar-refractivity contribution in [3.05, 3.63) is 40.9 Å². The minimum absolute atomic E-state index is 0.329. The van der Waals surface area contributed by atoms with E-state index in [4.69, 9.17) is 19.1 Å². The quantitative estimate of drug-likeness (QED) is 0.525. The first kappa shape index (κ1) is 22.8. The second-order valence-corrected chi connectivity index (χ2v) is 9.71. The first-order valence-corrected chi connectivity index (χ1v) is 12.8. The van der Waals surface area contributed by atoms with E-state index in [1.165, 1.54) is 0 Å². The number of carbonyl (C=O) groups is 2. The van der Waals surface area contributed by atoms with Gasteiger partial charge in [-0.05, 0) is 36.4 Å². The van der Waals surface area contributed by atoms with Crippen molar-refractivity contribution in [1.29, 1.82) is 0 Å². The number of benzene rings is 1. The van der Waals surface area contributed by atoms with Gasteiger partial charge in [0.25, 0.3) is 17.2 Å². The monoisotopic (exact) mass is 507 g/mol. The van der Waals surface area contributed by atoms with Crippen molar-refractivity contribution < 1.29 is 18.7 Å². The van der Waals surface area contributed by atoms with Crippen LogP contribution in [0.15, 0.2) is 39.7 Å². The third-order valence-electron chi connectivity index (χ3n) is 6.31. The molecule has 0 unspecified atom stereocenters. The zero-order valence-corrected chi connectivity index (χ0v) is 20.4. The van der Waals surface area contributed by atoms with Gasteiger partial charge in [0.1, 0.15) is 11.3 Å². The number of morpholine rings is 1. The Kier molecular flexibility index (Phi) is 6.20. The Morgan fingerprint density at radius 3 is 2.53 bits per heavy atom. The first-order valence-electron chi connectivity index (χ1n) is 11.9. The van der Waals surface area contributed by atoms with Crippen molar-refractivity contribution in [1.82, 2.24) is 20.3 Å². The second-order valence-electron chi connectivity index (χ2n) is 8.69. The molecule has 0 atom stereocenters. The Bertz CT molecular complexity index is 1300. The highest BCUT2D eigenvalue weighted by molar-refractivity contribution is 8.18. The van der Waals surface area contributed by atoms with E-state index in [0.717, 1.165) is 61.3 Å². The van der Waals surface area contributed by atoms with E-state index in [1.807, 2.05) is 30.3 Å². The van der Waals surface area contributed by atoms with Crippen molar-refractivity contribution in [2.24, 2.45) is 0 Å². The highest BCUT2D eigenvalue weighted by Gasteiger charge is 2.27. The molecule has 3 saturated heterocycles. The van der Waals surface area contributed by atoms with Gasteiger partial charge in [0.05, 0.1) is 23.8 Å². The lowest BCUT2D eigenvalue weighted by molar-refractivity contribution is -0.115. The average molecular weight is 508 g/mol. The molecular weight excluding hydrogens is 482 g/mol. The number of nitrogens with zero attached hydrogens (tertiary/aromatic N) is 6. The lowest BCUT2D eigenvalue weighted by atomic mass is 10.3. The number of anilines is 3. The Morgan fingerprint density at radius 1 is 0.917 bits per heavy atom. The zero-order chi connectivity index (χ0) is 24.5. The largest absolute Gasteiger partial charge is 0.423 e. The molecule has 1 aromatic carbocycles. The number of carbonyl (C=O) groups excluding carboxylic acids is 2. The number of fused-ring (bicyclic) bond motifs is 1. The van der Waals surface area contributed by atoms with E-state index >= 15 is 0 Å². The maximum absolute atomic E-state index is 12.1. The molecule has 0 radical (unpaired) electrons. The zero-order valence-electron chi connectivity index (χ0n) is 19.6. The fourth-order valence-electron chi connectivity index (χ4n) is 4.47. The van der Waals surface area contributed by atoms with Gasteiger partial charge in [0.15, 0.2) is 5.58 Å². The third-order valence-corrected chi connectivity index (χ3v) is 7.12. The van der Waals surface area contributed by atoms with Crippen LogP contribution in [0.4, 0.5) is 22.6 Å². The summed E-state index contributed by atoms with van der Waals surface area (Å²) >= 11 is 0.884. The lowest BCUT2D eigenvalue weighted by Gasteiger charge is -2.29. The number of hydrogen-bond acceptors (Lipinski definition) is 11. The van der Waals surface area contributed by atoms with Crippen molar-refractivity contribution in [3.8, 4) is 0 Å². The van der Waals surface area contributed by atoms with E-state index in [9.17, 15) is 9.59 Å². The highest BCUT2D eigenvalue weighted by Crippen LogP contribution is 2.28.